The molecule has 2 aromatic carbocycles. The maximum Gasteiger partial charge on any atom is 0.258 e. The average Bonchev–Trinajstić information content (AvgIpc) is 2.60. The number of benzene rings is 2. The van der Waals surface area contributed by atoms with Crippen LogP contribution >= 0.6 is 0 Å². The summed E-state index contributed by atoms with van der Waals surface area (Å²) in [4.78, 5) is 14.3. The molecule has 7 heteroatoms. The molecule has 24 heavy (non-hydrogen) atoms. The van der Waals surface area contributed by atoms with Gasteiger partial charge in [0, 0.05) is 11.6 Å². The highest BCUT2D eigenvalue weighted by Gasteiger charge is 2.26. The number of nitrogens with zero attached hydrogens (tertiary/aromatic N) is 1. The Morgan fingerprint density at radius 1 is 1.25 bits per heavy atom. The van der Waals surface area contributed by atoms with E-state index in [2.05, 4.69) is 0 Å². The molecule has 1 amide bonds. The molecule has 126 valence electrons. The molecule has 0 fully saturated rings. The molecule has 0 N–H and O–H groups in total. The molecule has 3 rings (SSSR count). The maximum absolute atomic E-state index is 13.5. The number of anilines is 1. The number of rotatable bonds is 3. The van der Waals surface area contributed by atoms with Gasteiger partial charge in [0.25, 0.3) is 5.91 Å². The second-order valence-electron chi connectivity index (χ2n) is 5.35. The summed E-state index contributed by atoms with van der Waals surface area (Å²) in [5, 5.41) is 0. The van der Waals surface area contributed by atoms with Crippen molar-refractivity contribution in [2.24, 2.45) is 0 Å². The molecular weight excluding hydrogens is 333 g/mol. The summed E-state index contributed by atoms with van der Waals surface area (Å²) in [6.07, 6.45) is 0. The monoisotopic (exact) mass is 349 g/mol. The molecule has 0 atom stereocenters. The Labute approximate surface area is 139 Å². The minimum absolute atomic E-state index is 0.0454. The number of halogens is 1. The summed E-state index contributed by atoms with van der Waals surface area (Å²) in [5.74, 6) is -0.484. The van der Waals surface area contributed by atoms with E-state index in [1.54, 1.807) is 13.0 Å². The van der Waals surface area contributed by atoms with Crippen LogP contribution in [0.15, 0.2) is 47.4 Å². The first-order valence-corrected chi connectivity index (χ1v) is 9.14. The second kappa shape index (κ2) is 6.24. The zero-order valence-electron chi connectivity index (χ0n) is 13.0. The van der Waals surface area contributed by atoms with Gasteiger partial charge in [-0.05, 0) is 30.3 Å². The van der Waals surface area contributed by atoms with Crippen molar-refractivity contribution in [1.82, 2.24) is 0 Å². The first-order valence-electron chi connectivity index (χ1n) is 7.49. The molecule has 0 spiro atoms. The zero-order valence-corrected chi connectivity index (χ0v) is 13.8. The minimum Gasteiger partial charge on any atom is -0.490 e. The Bertz CT molecular complexity index is 895. The highest BCUT2D eigenvalue weighted by atomic mass is 32.2. The van der Waals surface area contributed by atoms with E-state index in [4.69, 9.17) is 4.74 Å². The standard InChI is InChI=1S/C17H16FNO4S/c1-2-24(21,22)14-5-3-4-12(10-14)17(20)19-8-9-23-16-7-6-13(18)11-15(16)19/h3-7,10-11H,2,8-9H2,1H3. The third-order valence-electron chi connectivity index (χ3n) is 3.85. The number of fused-ring (bicyclic) bond motifs is 1. The van der Waals surface area contributed by atoms with Crippen LogP contribution in [0.1, 0.15) is 17.3 Å². The molecule has 0 unspecified atom stereocenters. The summed E-state index contributed by atoms with van der Waals surface area (Å²) >= 11 is 0. The summed E-state index contributed by atoms with van der Waals surface area (Å²) in [5.41, 5.74) is 0.580. The van der Waals surface area contributed by atoms with Crippen LogP contribution in [-0.4, -0.2) is 33.2 Å². The van der Waals surface area contributed by atoms with E-state index in [0.29, 0.717) is 11.4 Å². The lowest BCUT2D eigenvalue weighted by Crippen LogP contribution is -2.38. The predicted molar refractivity (Wildman–Crippen MR) is 87.7 cm³/mol. The van der Waals surface area contributed by atoms with Gasteiger partial charge in [0.1, 0.15) is 18.2 Å². The largest absolute Gasteiger partial charge is 0.490 e. The lowest BCUT2D eigenvalue weighted by Gasteiger charge is -2.29. The average molecular weight is 349 g/mol. The normalized spacial score (nSPS) is 14.0. The highest BCUT2D eigenvalue weighted by molar-refractivity contribution is 7.91. The van der Waals surface area contributed by atoms with Crippen molar-refractivity contribution >= 4 is 21.4 Å². The first-order chi connectivity index (χ1) is 11.4. The molecule has 2 aromatic rings. The number of carbonyl (C=O) groups is 1. The maximum atomic E-state index is 13.5. The van der Waals surface area contributed by atoms with E-state index in [1.807, 2.05) is 0 Å². The second-order valence-corrected chi connectivity index (χ2v) is 7.63. The molecule has 1 aliphatic rings. The fourth-order valence-corrected chi connectivity index (χ4v) is 3.47. The quantitative estimate of drug-likeness (QED) is 0.855. The van der Waals surface area contributed by atoms with E-state index < -0.39 is 21.6 Å². The fourth-order valence-electron chi connectivity index (χ4n) is 2.55. The molecule has 0 saturated heterocycles. The third-order valence-corrected chi connectivity index (χ3v) is 5.58. The van der Waals surface area contributed by atoms with Crippen LogP contribution < -0.4 is 9.64 Å². The number of hydrogen-bond acceptors (Lipinski definition) is 4. The van der Waals surface area contributed by atoms with Crippen molar-refractivity contribution < 1.29 is 22.3 Å². The Kier molecular flexibility index (Phi) is 4.28. The van der Waals surface area contributed by atoms with Crippen molar-refractivity contribution in [2.75, 3.05) is 23.8 Å². The van der Waals surface area contributed by atoms with Gasteiger partial charge in [-0.2, -0.15) is 0 Å². The van der Waals surface area contributed by atoms with Crippen LogP contribution in [0.2, 0.25) is 0 Å². The molecule has 5 nitrogen and oxygen atoms in total. The zero-order chi connectivity index (χ0) is 17.3. The van der Waals surface area contributed by atoms with Crippen LogP contribution in [0.3, 0.4) is 0 Å². The van der Waals surface area contributed by atoms with Crippen LogP contribution in [0, 0.1) is 5.82 Å². The van der Waals surface area contributed by atoms with Crippen LogP contribution in [0.25, 0.3) is 0 Å². The van der Waals surface area contributed by atoms with E-state index in [1.165, 1.54) is 41.3 Å². The molecule has 0 saturated carbocycles. The lowest BCUT2D eigenvalue weighted by atomic mass is 10.1. The summed E-state index contributed by atoms with van der Waals surface area (Å²) in [6.45, 7) is 2.10. The Hall–Kier alpha value is -2.41. The smallest absolute Gasteiger partial charge is 0.258 e. The van der Waals surface area contributed by atoms with E-state index in [-0.39, 0.29) is 29.4 Å². The topological polar surface area (TPSA) is 63.7 Å². The minimum atomic E-state index is -3.41. The Morgan fingerprint density at radius 3 is 2.79 bits per heavy atom. The van der Waals surface area contributed by atoms with Gasteiger partial charge in [0.05, 0.1) is 22.9 Å². The van der Waals surface area contributed by atoms with Crippen molar-refractivity contribution in [3.05, 3.63) is 53.8 Å². The van der Waals surface area contributed by atoms with Crippen LogP contribution in [0.4, 0.5) is 10.1 Å². The molecular formula is C17H16FNO4S. The van der Waals surface area contributed by atoms with Gasteiger partial charge in [0.2, 0.25) is 0 Å². The summed E-state index contributed by atoms with van der Waals surface area (Å²) in [7, 11) is -3.41. The van der Waals surface area contributed by atoms with Gasteiger partial charge in [0.15, 0.2) is 9.84 Å². The predicted octanol–water partition coefficient (Wildman–Crippen LogP) is 2.66. The Balaban J connectivity index is 2.00. The molecule has 0 aliphatic carbocycles. The fraction of sp³-hybridized carbons (Fsp3) is 0.235. The van der Waals surface area contributed by atoms with E-state index in [0.717, 1.165) is 0 Å². The molecule has 0 aromatic heterocycles. The number of hydrogen-bond donors (Lipinski definition) is 0. The third kappa shape index (κ3) is 2.99. The van der Waals surface area contributed by atoms with Gasteiger partial charge in [-0.25, -0.2) is 12.8 Å². The van der Waals surface area contributed by atoms with E-state index >= 15 is 0 Å². The summed E-state index contributed by atoms with van der Waals surface area (Å²) in [6, 6.07) is 9.87. The molecule has 1 heterocycles. The van der Waals surface area contributed by atoms with Crippen molar-refractivity contribution in [1.29, 1.82) is 0 Å². The Morgan fingerprint density at radius 2 is 2.04 bits per heavy atom. The molecule has 1 aliphatic heterocycles. The molecule has 0 bridgehead atoms. The SMILES string of the molecule is CCS(=O)(=O)c1cccc(C(=O)N2CCOc3ccc(F)cc32)c1. The van der Waals surface area contributed by atoms with Crippen LogP contribution in [-0.2, 0) is 9.84 Å². The lowest BCUT2D eigenvalue weighted by molar-refractivity contribution is 0.0976. The van der Waals surface area contributed by atoms with Crippen molar-refractivity contribution in [3.63, 3.8) is 0 Å². The number of sulfone groups is 1. The molecule has 0 radical (unpaired) electrons. The van der Waals surface area contributed by atoms with Crippen molar-refractivity contribution in [2.45, 2.75) is 11.8 Å². The van der Waals surface area contributed by atoms with Crippen molar-refractivity contribution in [3.8, 4) is 5.75 Å². The number of carbonyl (C=O) groups excluding carboxylic acids is 1. The van der Waals surface area contributed by atoms with Gasteiger partial charge in [-0.3, -0.25) is 4.79 Å². The van der Waals surface area contributed by atoms with Gasteiger partial charge >= 0.3 is 0 Å². The van der Waals surface area contributed by atoms with Gasteiger partial charge in [-0.1, -0.05) is 13.0 Å². The van der Waals surface area contributed by atoms with Crippen LogP contribution in [0.5, 0.6) is 5.75 Å². The van der Waals surface area contributed by atoms with Gasteiger partial charge in [-0.15, -0.1) is 0 Å². The van der Waals surface area contributed by atoms with Gasteiger partial charge < -0.3 is 9.64 Å². The number of amides is 1. The summed E-state index contributed by atoms with van der Waals surface area (Å²) < 4.78 is 43.0. The van der Waals surface area contributed by atoms with E-state index in [9.17, 15) is 17.6 Å². The highest BCUT2D eigenvalue weighted by Crippen LogP contribution is 2.33. The first kappa shape index (κ1) is 16.4. The number of ether oxygens (including phenoxy) is 1.